The lowest BCUT2D eigenvalue weighted by atomic mass is 9.94. The molecule has 1 aromatic heterocycles. The van der Waals surface area contributed by atoms with Crippen LogP contribution in [0.4, 0.5) is 0 Å². The van der Waals surface area contributed by atoms with Crippen molar-refractivity contribution in [3.63, 3.8) is 0 Å². The van der Waals surface area contributed by atoms with Gasteiger partial charge in [-0.25, -0.2) is 4.79 Å². The lowest BCUT2D eigenvalue weighted by Crippen LogP contribution is -2.40. The number of aromatic amines is 1. The number of nitrogens with two attached hydrogens (primary N) is 1. The van der Waals surface area contributed by atoms with Crippen LogP contribution in [0.5, 0.6) is 0 Å². The van der Waals surface area contributed by atoms with Crippen LogP contribution in [0.3, 0.4) is 0 Å². The van der Waals surface area contributed by atoms with Crippen LogP contribution in [0.1, 0.15) is 71.8 Å². The standard InChI is InChI=1S/C22H24N4O4/c1-12(2)17-18(19(28)15-7-13(3)6-14(8-15)10-23)26(21(30)25-20(17)29)11-22(4-5-22)9-16(24)27/h6-8,12H,4-5,9,11H2,1-3H3,(H2,24,27)(H,25,29,30). The highest BCUT2D eigenvalue weighted by atomic mass is 16.2. The molecule has 1 fully saturated rings. The molecular formula is C22H24N4O4. The summed E-state index contributed by atoms with van der Waals surface area (Å²) >= 11 is 0. The van der Waals surface area contributed by atoms with Gasteiger partial charge in [-0.1, -0.05) is 13.8 Å². The van der Waals surface area contributed by atoms with Crippen LogP contribution in [0.15, 0.2) is 27.8 Å². The molecule has 0 radical (unpaired) electrons. The molecule has 156 valence electrons. The number of hydrogen-bond acceptors (Lipinski definition) is 5. The SMILES string of the molecule is Cc1cc(C#N)cc(C(=O)c2c(C(C)C)c(=O)[nH]c(=O)n2CC2(CC(N)=O)CC2)c1. The minimum absolute atomic E-state index is 0.00369. The molecule has 1 aromatic carbocycles. The normalized spacial score (nSPS) is 14.4. The summed E-state index contributed by atoms with van der Waals surface area (Å²) in [6.45, 7) is 5.41. The number of nitrogens with zero attached hydrogens (tertiary/aromatic N) is 2. The first-order chi connectivity index (χ1) is 14.1. The maximum Gasteiger partial charge on any atom is 0.328 e. The molecular weight excluding hydrogens is 384 g/mol. The molecule has 0 unspecified atom stereocenters. The number of H-pyrrole nitrogens is 1. The Morgan fingerprint density at radius 3 is 2.47 bits per heavy atom. The van der Waals surface area contributed by atoms with E-state index in [1.165, 1.54) is 10.6 Å². The second-order valence-corrected chi connectivity index (χ2v) is 8.43. The number of rotatable bonds is 7. The molecule has 8 nitrogen and oxygen atoms in total. The zero-order valence-corrected chi connectivity index (χ0v) is 17.2. The number of carbonyl (C=O) groups is 2. The fourth-order valence-corrected chi connectivity index (χ4v) is 3.91. The molecule has 3 rings (SSSR count). The van der Waals surface area contributed by atoms with Crippen molar-refractivity contribution in [3.05, 3.63) is 67.0 Å². The van der Waals surface area contributed by atoms with Crippen LogP contribution in [0.25, 0.3) is 0 Å². The fourth-order valence-electron chi connectivity index (χ4n) is 3.91. The number of aromatic nitrogens is 2. The van der Waals surface area contributed by atoms with Crippen molar-refractivity contribution >= 4 is 11.7 Å². The molecule has 1 aliphatic carbocycles. The number of aryl methyl sites for hydroxylation is 1. The van der Waals surface area contributed by atoms with Crippen molar-refractivity contribution < 1.29 is 9.59 Å². The monoisotopic (exact) mass is 408 g/mol. The van der Waals surface area contributed by atoms with Crippen molar-refractivity contribution in [2.24, 2.45) is 11.1 Å². The fraction of sp³-hybridized carbons (Fsp3) is 0.409. The number of ketones is 1. The van der Waals surface area contributed by atoms with Gasteiger partial charge in [0.05, 0.1) is 11.6 Å². The third kappa shape index (κ3) is 4.10. The first-order valence-corrected chi connectivity index (χ1v) is 9.79. The van der Waals surface area contributed by atoms with Crippen LogP contribution in [-0.4, -0.2) is 21.2 Å². The van der Waals surface area contributed by atoms with Crippen LogP contribution in [0.2, 0.25) is 0 Å². The molecule has 0 bridgehead atoms. The highest BCUT2D eigenvalue weighted by Gasteiger charge is 2.45. The van der Waals surface area contributed by atoms with Crippen molar-refractivity contribution in [2.75, 3.05) is 0 Å². The first kappa shape index (κ1) is 21.2. The van der Waals surface area contributed by atoms with E-state index < -0.39 is 28.4 Å². The third-order valence-corrected chi connectivity index (χ3v) is 5.50. The first-order valence-electron chi connectivity index (χ1n) is 9.79. The largest absolute Gasteiger partial charge is 0.370 e. The third-order valence-electron chi connectivity index (χ3n) is 5.50. The molecule has 0 aliphatic heterocycles. The van der Waals surface area contributed by atoms with Gasteiger partial charge in [0, 0.05) is 24.1 Å². The van der Waals surface area contributed by atoms with E-state index in [-0.39, 0.29) is 35.7 Å². The van der Waals surface area contributed by atoms with Gasteiger partial charge in [0.1, 0.15) is 5.69 Å². The minimum atomic E-state index is -0.698. The summed E-state index contributed by atoms with van der Waals surface area (Å²) in [6.07, 6.45) is 1.51. The Bertz CT molecular complexity index is 1190. The maximum atomic E-state index is 13.5. The Morgan fingerprint density at radius 2 is 1.93 bits per heavy atom. The Morgan fingerprint density at radius 1 is 1.27 bits per heavy atom. The van der Waals surface area contributed by atoms with Crippen LogP contribution >= 0.6 is 0 Å². The molecule has 8 heteroatoms. The van der Waals surface area contributed by atoms with Gasteiger partial charge >= 0.3 is 5.69 Å². The molecule has 1 aliphatic rings. The average Bonchev–Trinajstić information content (AvgIpc) is 3.40. The van der Waals surface area contributed by atoms with Crippen molar-refractivity contribution in [1.29, 1.82) is 5.26 Å². The van der Waals surface area contributed by atoms with E-state index in [4.69, 9.17) is 5.73 Å². The Kier molecular flexibility index (Phi) is 5.49. The highest BCUT2D eigenvalue weighted by molar-refractivity contribution is 6.09. The summed E-state index contributed by atoms with van der Waals surface area (Å²) in [5, 5.41) is 9.25. The molecule has 0 saturated heterocycles. The summed E-state index contributed by atoms with van der Waals surface area (Å²) in [6, 6.07) is 6.74. The molecule has 0 spiro atoms. The van der Waals surface area contributed by atoms with E-state index in [0.717, 1.165) is 5.56 Å². The number of amides is 1. The van der Waals surface area contributed by atoms with Crippen molar-refractivity contribution in [2.45, 2.75) is 52.5 Å². The molecule has 1 saturated carbocycles. The number of benzene rings is 1. The molecule has 0 atom stereocenters. The molecule has 2 aromatic rings. The molecule has 1 amide bonds. The molecule has 30 heavy (non-hydrogen) atoms. The van der Waals surface area contributed by atoms with Crippen LogP contribution in [-0.2, 0) is 11.3 Å². The van der Waals surface area contributed by atoms with Crippen LogP contribution in [0, 0.1) is 23.7 Å². The summed E-state index contributed by atoms with van der Waals surface area (Å²) in [4.78, 5) is 52.7. The number of nitriles is 1. The second-order valence-electron chi connectivity index (χ2n) is 8.43. The zero-order valence-electron chi connectivity index (χ0n) is 17.2. The average molecular weight is 408 g/mol. The number of carbonyl (C=O) groups excluding carboxylic acids is 2. The molecule has 3 N–H and O–H groups in total. The van der Waals surface area contributed by atoms with Gasteiger partial charge in [0.15, 0.2) is 0 Å². The quantitative estimate of drug-likeness (QED) is 0.672. The van der Waals surface area contributed by atoms with Gasteiger partial charge in [-0.15, -0.1) is 0 Å². The van der Waals surface area contributed by atoms with E-state index in [0.29, 0.717) is 18.4 Å². The zero-order chi connectivity index (χ0) is 22.2. The van der Waals surface area contributed by atoms with Crippen molar-refractivity contribution in [1.82, 2.24) is 9.55 Å². The summed E-state index contributed by atoms with van der Waals surface area (Å²) < 4.78 is 1.27. The van der Waals surface area contributed by atoms with E-state index in [9.17, 15) is 24.4 Å². The predicted molar refractivity (Wildman–Crippen MR) is 110 cm³/mol. The number of nitrogens with one attached hydrogen (secondary N) is 1. The van der Waals surface area contributed by atoms with Gasteiger partial charge < -0.3 is 5.73 Å². The van der Waals surface area contributed by atoms with Gasteiger partial charge in [0.25, 0.3) is 5.56 Å². The summed E-state index contributed by atoms with van der Waals surface area (Å²) in [5.74, 6) is -1.30. The lowest BCUT2D eigenvalue weighted by Gasteiger charge is -2.21. The van der Waals surface area contributed by atoms with Gasteiger partial charge in [-0.3, -0.25) is 23.9 Å². The maximum absolute atomic E-state index is 13.5. The number of hydrogen-bond donors (Lipinski definition) is 2. The summed E-state index contributed by atoms with van der Waals surface area (Å²) in [7, 11) is 0. The topological polar surface area (TPSA) is 139 Å². The van der Waals surface area contributed by atoms with Crippen molar-refractivity contribution in [3.8, 4) is 6.07 Å². The smallest absolute Gasteiger partial charge is 0.328 e. The summed E-state index contributed by atoms with van der Waals surface area (Å²) in [5.41, 5.74) is 5.05. The van der Waals surface area contributed by atoms with Crippen LogP contribution < -0.4 is 17.0 Å². The Hall–Kier alpha value is -3.47. The predicted octanol–water partition coefficient (Wildman–Crippen LogP) is 1.73. The highest BCUT2D eigenvalue weighted by Crippen LogP contribution is 2.50. The van der Waals surface area contributed by atoms with Gasteiger partial charge in [-0.2, -0.15) is 5.26 Å². The van der Waals surface area contributed by atoms with E-state index in [2.05, 4.69) is 4.98 Å². The Labute approximate surface area is 173 Å². The van der Waals surface area contributed by atoms with Gasteiger partial charge in [0.2, 0.25) is 11.7 Å². The lowest BCUT2D eigenvalue weighted by molar-refractivity contribution is -0.119. The van der Waals surface area contributed by atoms with E-state index in [1.807, 2.05) is 6.07 Å². The van der Waals surface area contributed by atoms with E-state index >= 15 is 0 Å². The molecule has 1 heterocycles. The second kappa shape index (κ2) is 7.75. The van der Waals surface area contributed by atoms with E-state index in [1.54, 1.807) is 32.9 Å². The Balaban J connectivity index is 2.24. The minimum Gasteiger partial charge on any atom is -0.370 e. The number of primary amides is 1. The van der Waals surface area contributed by atoms with Gasteiger partial charge in [-0.05, 0) is 54.9 Å².